The molecule has 0 spiro atoms. The van der Waals surface area contributed by atoms with Crippen LogP contribution in [0.4, 0.5) is 11.4 Å². The first kappa shape index (κ1) is 18.7. The molecule has 0 radical (unpaired) electrons. The number of amides is 2. The summed E-state index contributed by atoms with van der Waals surface area (Å²) in [6.07, 6.45) is 6.89. The molecule has 28 heavy (non-hydrogen) atoms. The Kier molecular flexibility index (Phi) is 5.19. The van der Waals surface area contributed by atoms with Crippen molar-refractivity contribution in [3.05, 3.63) is 33.9 Å². The Labute approximate surface area is 163 Å². The van der Waals surface area contributed by atoms with Gasteiger partial charge >= 0.3 is 0 Å². The Bertz CT molecular complexity index is 786. The molecule has 3 fully saturated rings. The summed E-state index contributed by atoms with van der Waals surface area (Å²) in [6.45, 7) is 1.25. The number of nitrogens with zero attached hydrogens (tertiary/aromatic N) is 2. The highest BCUT2D eigenvalue weighted by atomic mass is 16.6. The Morgan fingerprint density at radius 3 is 2.50 bits per heavy atom. The van der Waals surface area contributed by atoms with Crippen LogP contribution in [0.5, 0.6) is 0 Å². The molecule has 1 saturated heterocycles. The summed E-state index contributed by atoms with van der Waals surface area (Å²) in [7, 11) is 0. The van der Waals surface area contributed by atoms with Crippen molar-refractivity contribution in [2.75, 3.05) is 18.4 Å². The summed E-state index contributed by atoms with van der Waals surface area (Å²) in [4.78, 5) is 37.7. The standard InChI is InChI=1S/C20H26N4O4/c25-19(22-15-6-7-15)14-5-8-17(18(11-14)24(27)28)21-16-9-10-23(12-16)20(26)13-3-1-2-4-13/h5,8,11,13,15-16,21H,1-4,6-7,9-10,12H2,(H,22,25). The SMILES string of the molecule is O=C(NC1CC1)c1ccc(NC2CCN(C(=O)C3CCCC3)C2)c([N+](=O)[O-])c1. The van der Waals surface area contributed by atoms with E-state index in [9.17, 15) is 19.7 Å². The Morgan fingerprint density at radius 2 is 1.82 bits per heavy atom. The van der Waals surface area contributed by atoms with E-state index in [2.05, 4.69) is 10.6 Å². The maximum absolute atomic E-state index is 12.6. The second kappa shape index (κ2) is 7.77. The third-order valence-corrected chi connectivity index (χ3v) is 5.93. The van der Waals surface area contributed by atoms with Gasteiger partial charge in [0.15, 0.2) is 0 Å². The minimum absolute atomic E-state index is 0.0183. The van der Waals surface area contributed by atoms with Gasteiger partial charge in [-0.2, -0.15) is 0 Å². The van der Waals surface area contributed by atoms with Crippen molar-refractivity contribution in [2.24, 2.45) is 5.92 Å². The molecule has 1 atom stereocenters. The third-order valence-electron chi connectivity index (χ3n) is 5.93. The van der Waals surface area contributed by atoms with Crippen LogP contribution in [0.15, 0.2) is 18.2 Å². The molecule has 0 aromatic heterocycles. The molecule has 1 aliphatic heterocycles. The van der Waals surface area contributed by atoms with Gasteiger partial charge in [-0.1, -0.05) is 12.8 Å². The molecule has 3 aliphatic rings. The summed E-state index contributed by atoms with van der Waals surface area (Å²) >= 11 is 0. The van der Waals surface area contributed by atoms with Crippen molar-refractivity contribution in [1.82, 2.24) is 10.2 Å². The number of rotatable bonds is 6. The molecule has 2 N–H and O–H groups in total. The Morgan fingerprint density at radius 1 is 1.07 bits per heavy atom. The predicted octanol–water partition coefficient (Wildman–Crippen LogP) is 2.69. The lowest BCUT2D eigenvalue weighted by atomic mass is 10.1. The molecule has 2 saturated carbocycles. The number of likely N-dealkylation sites (tertiary alicyclic amines) is 1. The van der Waals surface area contributed by atoms with Gasteiger partial charge in [0.05, 0.1) is 4.92 Å². The number of nitrogens with one attached hydrogen (secondary N) is 2. The van der Waals surface area contributed by atoms with Crippen LogP contribution in [-0.4, -0.2) is 46.8 Å². The molecule has 8 nitrogen and oxygen atoms in total. The molecule has 1 aromatic rings. The largest absolute Gasteiger partial charge is 0.375 e. The first-order valence-electron chi connectivity index (χ1n) is 10.2. The van der Waals surface area contributed by atoms with Crippen molar-refractivity contribution in [1.29, 1.82) is 0 Å². The molecular weight excluding hydrogens is 360 g/mol. The lowest BCUT2D eigenvalue weighted by Crippen LogP contribution is -2.35. The maximum atomic E-state index is 12.6. The average molecular weight is 386 g/mol. The van der Waals surface area contributed by atoms with E-state index in [-0.39, 0.29) is 35.5 Å². The van der Waals surface area contributed by atoms with Crippen LogP contribution < -0.4 is 10.6 Å². The second-order valence-corrected chi connectivity index (χ2v) is 8.13. The van der Waals surface area contributed by atoms with E-state index < -0.39 is 4.92 Å². The first-order chi connectivity index (χ1) is 13.5. The van der Waals surface area contributed by atoms with Crippen LogP contribution in [-0.2, 0) is 4.79 Å². The lowest BCUT2D eigenvalue weighted by molar-refractivity contribution is -0.384. The predicted molar refractivity (Wildman–Crippen MR) is 104 cm³/mol. The molecule has 2 aliphatic carbocycles. The number of benzene rings is 1. The summed E-state index contributed by atoms with van der Waals surface area (Å²) in [5.41, 5.74) is 0.589. The normalized spacial score (nSPS) is 22.3. The lowest BCUT2D eigenvalue weighted by Gasteiger charge is -2.21. The zero-order chi connectivity index (χ0) is 19.7. The van der Waals surface area contributed by atoms with Crippen molar-refractivity contribution in [3.8, 4) is 0 Å². The first-order valence-corrected chi connectivity index (χ1v) is 10.2. The van der Waals surface area contributed by atoms with Gasteiger partial charge in [-0.25, -0.2) is 0 Å². The van der Waals surface area contributed by atoms with Gasteiger partial charge in [0.25, 0.3) is 11.6 Å². The fraction of sp³-hybridized carbons (Fsp3) is 0.600. The minimum Gasteiger partial charge on any atom is -0.375 e. The van der Waals surface area contributed by atoms with Gasteiger partial charge in [-0.05, 0) is 44.2 Å². The smallest absolute Gasteiger partial charge is 0.293 e. The van der Waals surface area contributed by atoms with Crippen molar-refractivity contribution in [3.63, 3.8) is 0 Å². The van der Waals surface area contributed by atoms with Crippen LogP contribution >= 0.6 is 0 Å². The number of nitro benzene ring substituents is 1. The van der Waals surface area contributed by atoms with E-state index in [1.54, 1.807) is 12.1 Å². The van der Waals surface area contributed by atoms with E-state index in [1.165, 1.54) is 6.07 Å². The van der Waals surface area contributed by atoms with Crippen molar-refractivity contribution >= 4 is 23.2 Å². The Hall–Kier alpha value is -2.64. The van der Waals surface area contributed by atoms with Gasteiger partial charge in [0.2, 0.25) is 5.91 Å². The number of carbonyl (C=O) groups excluding carboxylic acids is 2. The molecule has 1 aromatic carbocycles. The molecule has 0 bridgehead atoms. The Balaban J connectivity index is 1.41. The van der Waals surface area contributed by atoms with Crippen molar-refractivity contribution < 1.29 is 14.5 Å². The fourth-order valence-corrected chi connectivity index (χ4v) is 4.17. The van der Waals surface area contributed by atoms with Gasteiger partial charge < -0.3 is 15.5 Å². The summed E-state index contributed by atoms with van der Waals surface area (Å²) in [6, 6.07) is 4.72. The summed E-state index contributed by atoms with van der Waals surface area (Å²) in [5.74, 6) is 0.104. The second-order valence-electron chi connectivity index (χ2n) is 8.13. The van der Waals surface area contributed by atoms with E-state index in [4.69, 9.17) is 0 Å². The van der Waals surface area contributed by atoms with Crippen LogP contribution in [0.3, 0.4) is 0 Å². The van der Waals surface area contributed by atoms with Crippen LogP contribution in [0, 0.1) is 16.0 Å². The molecule has 8 heteroatoms. The average Bonchev–Trinajstić information content (AvgIpc) is 3.14. The van der Waals surface area contributed by atoms with Crippen LogP contribution in [0.25, 0.3) is 0 Å². The van der Waals surface area contributed by atoms with Crippen LogP contribution in [0.2, 0.25) is 0 Å². The van der Waals surface area contributed by atoms with Gasteiger partial charge in [-0.3, -0.25) is 19.7 Å². The summed E-state index contributed by atoms with van der Waals surface area (Å²) < 4.78 is 0. The fourth-order valence-electron chi connectivity index (χ4n) is 4.17. The van der Waals surface area contributed by atoms with Gasteiger partial charge in [0.1, 0.15) is 5.69 Å². The quantitative estimate of drug-likeness (QED) is 0.578. The number of hydrogen-bond acceptors (Lipinski definition) is 5. The molecule has 4 rings (SSSR count). The zero-order valence-electron chi connectivity index (χ0n) is 15.9. The molecule has 1 heterocycles. The third kappa shape index (κ3) is 4.10. The highest BCUT2D eigenvalue weighted by Crippen LogP contribution is 2.31. The topological polar surface area (TPSA) is 105 Å². The summed E-state index contributed by atoms with van der Waals surface area (Å²) in [5, 5.41) is 17.6. The van der Waals surface area contributed by atoms with E-state index >= 15 is 0 Å². The highest BCUT2D eigenvalue weighted by Gasteiger charge is 2.33. The van der Waals surface area contributed by atoms with E-state index in [1.807, 2.05) is 4.90 Å². The monoisotopic (exact) mass is 386 g/mol. The van der Waals surface area contributed by atoms with Crippen molar-refractivity contribution in [2.45, 2.75) is 57.0 Å². The van der Waals surface area contributed by atoms with Gasteiger partial charge in [-0.15, -0.1) is 0 Å². The molecule has 1 unspecified atom stereocenters. The van der Waals surface area contributed by atoms with Crippen LogP contribution in [0.1, 0.15) is 55.3 Å². The van der Waals surface area contributed by atoms with E-state index in [0.717, 1.165) is 44.9 Å². The highest BCUT2D eigenvalue weighted by molar-refractivity contribution is 5.96. The molecule has 2 amide bonds. The number of anilines is 1. The molecule has 150 valence electrons. The maximum Gasteiger partial charge on any atom is 0.293 e. The zero-order valence-corrected chi connectivity index (χ0v) is 15.9. The number of nitro groups is 1. The van der Waals surface area contributed by atoms with E-state index in [0.29, 0.717) is 24.3 Å². The minimum atomic E-state index is -0.466. The number of carbonyl (C=O) groups is 2. The molecular formula is C20H26N4O4. The number of hydrogen-bond donors (Lipinski definition) is 2. The van der Waals surface area contributed by atoms with Gasteiger partial charge in [0, 0.05) is 42.7 Å².